The predicted octanol–water partition coefficient (Wildman–Crippen LogP) is 2.11. The van der Waals surface area contributed by atoms with E-state index in [1.54, 1.807) is 0 Å². The summed E-state index contributed by atoms with van der Waals surface area (Å²) in [6.45, 7) is 2.57. The average Bonchev–Trinajstić information content (AvgIpc) is 2.89. The Balaban J connectivity index is 1.88. The third-order valence-corrected chi connectivity index (χ3v) is 5.09. The second kappa shape index (κ2) is 6.08. The minimum atomic E-state index is -3.84. The molecule has 3 rings (SSSR count). The molecule has 8 heteroatoms. The second-order valence-corrected chi connectivity index (χ2v) is 7.62. The number of halogens is 1. The Kier molecular flexibility index (Phi) is 4.25. The molecule has 2 aromatic carbocycles. The molecule has 0 radical (unpaired) electrons. The molecule has 1 saturated heterocycles. The quantitative estimate of drug-likeness (QED) is 0.902. The molecule has 0 bridgehead atoms. The zero-order valence-corrected chi connectivity index (χ0v) is 14.5. The zero-order valence-electron chi connectivity index (χ0n) is 12.9. The van der Waals surface area contributed by atoms with E-state index in [0.29, 0.717) is 12.4 Å². The van der Waals surface area contributed by atoms with Gasteiger partial charge in [-0.2, -0.15) is 0 Å². The van der Waals surface area contributed by atoms with Gasteiger partial charge in [0.05, 0.1) is 28.8 Å². The van der Waals surface area contributed by atoms with Crippen molar-refractivity contribution in [3.8, 4) is 0 Å². The highest BCUT2D eigenvalue weighted by atomic mass is 35.5. The van der Waals surface area contributed by atoms with E-state index >= 15 is 0 Å². The molecule has 2 N–H and O–H groups in total. The summed E-state index contributed by atoms with van der Waals surface area (Å²) in [5.74, 6) is -0.110. The molecule has 1 fully saturated rings. The van der Waals surface area contributed by atoms with Crippen LogP contribution in [0.15, 0.2) is 47.4 Å². The summed E-state index contributed by atoms with van der Waals surface area (Å²) in [5.41, 5.74) is 2.54. The Hall–Kier alpha value is -2.09. The lowest BCUT2D eigenvalue weighted by Gasteiger charge is -2.20. The Bertz CT molecular complexity index is 897. The first kappa shape index (κ1) is 16.8. The fraction of sp³-hybridized carbons (Fsp3) is 0.188. The number of nitrogens with zero attached hydrogens (tertiary/aromatic N) is 2. The average molecular weight is 366 g/mol. The maximum atomic E-state index is 12.3. The number of amides is 1. The Morgan fingerprint density at radius 1 is 1.12 bits per heavy atom. The first-order valence-electron chi connectivity index (χ1n) is 7.20. The lowest BCUT2D eigenvalue weighted by Crippen LogP contribution is -2.27. The van der Waals surface area contributed by atoms with Crippen molar-refractivity contribution in [1.82, 2.24) is 0 Å². The topological polar surface area (TPSA) is 83.7 Å². The maximum absolute atomic E-state index is 12.3. The molecule has 0 atom stereocenters. The van der Waals surface area contributed by atoms with Gasteiger partial charge < -0.3 is 4.90 Å². The molecule has 1 aliphatic rings. The van der Waals surface area contributed by atoms with Gasteiger partial charge in [-0.3, -0.25) is 9.69 Å². The molecular weight excluding hydrogens is 350 g/mol. The molecule has 1 amide bonds. The summed E-state index contributed by atoms with van der Waals surface area (Å²) >= 11 is 6.16. The molecule has 24 heavy (non-hydrogen) atoms. The van der Waals surface area contributed by atoms with Gasteiger partial charge in [0.25, 0.3) is 0 Å². The minimum Gasteiger partial charge on any atom is -0.344 e. The van der Waals surface area contributed by atoms with Gasteiger partial charge in [-0.15, -0.1) is 0 Å². The van der Waals surface area contributed by atoms with E-state index in [-0.39, 0.29) is 22.4 Å². The molecule has 0 spiro atoms. The number of carbonyl (C=O) groups excluding carboxylic acids is 1. The predicted molar refractivity (Wildman–Crippen MR) is 93.7 cm³/mol. The molecule has 0 saturated carbocycles. The van der Waals surface area contributed by atoms with Gasteiger partial charge in [0.1, 0.15) is 0 Å². The van der Waals surface area contributed by atoms with Crippen molar-refractivity contribution in [2.24, 2.45) is 5.14 Å². The normalized spacial score (nSPS) is 15.2. The van der Waals surface area contributed by atoms with Gasteiger partial charge in [-0.25, -0.2) is 13.6 Å². The highest BCUT2D eigenvalue weighted by Crippen LogP contribution is 2.31. The van der Waals surface area contributed by atoms with Crippen LogP contribution in [0.3, 0.4) is 0 Å². The fourth-order valence-corrected chi connectivity index (χ4v) is 3.46. The first-order chi connectivity index (χ1) is 11.3. The highest BCUT2D eigenvalue weighted by Gasteiger charge is 2.30. The van der Waals surface area contributed by atoms with Crippen LogP contribution >= 0.6 is 11.6 Å². The summed E-state index contributed by atoms with van der Waals surface area (Å²) in [4.78, 5) is 15.7. The van der Waals surface area contributed by atoms with Crippen molar-refractivity contribution >= 4 is 38.9 Å². The van der Waals surface area contributed by atoms with Crippen molar-refractivity contribution in [2.75, 3.05) is 23.0 Å². The molecule has 0 unspecified atom stereocenters. The van der Waals surface area contributed by atoms with Crippen molar-refractivity contribution in [3.05, 3.63) is 53.1 Å². The Morgan fingerprint density at radius 3 is 2.38 bits per heavy atom. The Labute approximate surface area is 145 Å². The smallest absolute Gasteiger partial charge is 0.248 e. The van der Waals surface area contributed by atoms with Crippen molar-refractivity contribution < 1.29 is 13.2 Å². The van der Waals surface area contributed by atoms with E-state index in [9.17, 15) is 13.2 Å². The molecule has 1 heterocycles. The lowest BCUT2D eigenvalue weighted by atomic mass is 10.2. The van der Waals surface area contributed by atoms with Crippen LogP contribution in [0.4, 0.5) is 11.4 Å². The monoisotopic (exact) mass is 365 g/mol. The molecule has 126 valence electrons. The van der Waals surface area contributed by atoms with Crippen LogP contribution in [0.25, 0.3) is 0 Å². The summed E-state index contributed by atoms with van der Waals surface area (Å²) in [6.07, 6.45) is 0. The number of anilines is 2. The number of nitrogens with two attached hydrogens (primary N) is 1. The number of carbonyl (C=O) groups is 1. The SMILES string of the molecule is Cc1ccc(N2CC(=O)N(c3ccc(S(N)(=O)=O)cc3Cl)C2)cc1. The van der Waals surface area contributed by atoms with Crippen LogP contribution in [-0.4, -0.2) is 27.5 Å². The molecule has 6 nitrogen and oxygen atoms in total. The van der Waals surface area contributed by atoms with Crippen LogP contribution in [0.5, 0.6) is 0 Å². The number of rotatable bonds is 3. The van der Waals surface area contributed by atoms with Gasteiger partial charge in [0, 0.05) is 5.69 Å². The van der Waals surface area contributed by atoms with Crippen LogP contribution < -0.4 is 14.9 Å². The minimum absolute atomic E-state index is 0.0849. The number of hydrogen-bond acceptors (Lipinski definition) is 4. The highest BCUT2D eigenvalue weighted by molar-refractivity contribution is 7.89. The van der Waals surface area contributed by atoms with Crippen molar-refractivity contribution in [1.29, 1.82) is 0 Å². The van der Waals surface area contributed by atoms with Crippen LogP contribution in [0.2, 0.25) is 5.02 Å². The molecule has 0 aromatic heterocycles. The zero-order chi connectivity index (χ0) is 17.5. The van der Waals surface area contributed by atoms with Crippen LogP contribution in [0, 0.1) is 6.92 Å². The van der Waals surface area contributed by atoms with Crippen molar-refractivity contribution in [3.63, 3.8) is 0 Å². The van der Waals surface area contributed by atoms with Crippen LogP contribution in [0.1, 0.15) is 5.56 Å². The van der Waals surface area contributed by atoms with Crippen molar-refractivity contribution in [2.45, 2.75) is 11.8 Å². The number of aryl methyl sites for hydroxylation is 1. The third kappa shape index (κ3) is 3.24. The summed E-state index contributed by atoms with van der Waals surface area (Å²) in [5, 5.41) is 5.26. The van der Waals surface area contributed by atoms with E-state index in [0.717, 1.165) is 11.3 Å². The van der Waals surface area contributed by atoms with Gasteiger partial charge in [-0.05, 0) is 37.3 Å². The van der Waals surface area contributed by atoms with Crippen LogP contribution in [-0.2, 0) is 14.8 Å². The van der Waals surface area contributed by atoms with E-state index in [1.165, 1.54) is 23.1 Å². The molecular formula is C16H16ClN3O3S. The van der Waals surface area contributed by atoms with E-state index in [4.69, 9.17) is 16.7 Å². The van der Waals surface area contributed by atoms with Gasteiger partial charge in [-0.1, -0.05) is 29.3 Å². The van der Waals surface area contributed by atoms with E-state index in [2.05, 4.69) is 0 Å². The number of primary sulfonamides is 1. The largest absolute Gasteiger partial charge is 0.344 e. The summed E-state index contributed by atoms with van der Waals surface area (Å²) in [7, 11) is -3.84. The first-order valence-corrected chi connectivity index (χ1v) is 9.12. The third-order valence-electron chi connectivity index (χ3n) is 3.88. The van der Waals surface area contributed by atoms with Gasteiger partial charge in [0.2, 0.25) is 15.9 Å². The lowest BCUT2D eigenvalue weighted by molar-refractivity contribution is -0.115. The number of hydrogen-bond donors (Lipinski definition) is 1. The van der Waals surface area contributed by atoms with E-state index in [1.807, 2.05) is 36.1 Å². The number of sulfonamides is 1. The summed E-state index contributed by atoms with van der Waals surface area (Å²) in [6, 6.07) is 12.0. The molecule has 0 aliphatic carbocycles. The maximum Gasteiger partial charge on any atom is 0.248 e. The standard InChI is InChI=1S/C16H16ClN3O3S/c1-11-2-4-12(5-3-11)19-9-16(21)20(10-19)15-7-6-13(8-14(15)17)24(18,22)23/h2-8H,9-10H2,1H3,(H2,18,22,23). The van der Waals surface area contributed by atoms with E-state index < -0.39 is 10.0 Å². The second-order valence-electron chi connectivity index (χ2n) is 5.65. The molecule has 2 aromatic rings. The Morgan fingerprint density at radius 2 is 1.79 bits per heavy atom. The van der Waals surface area contributed by atoms with Gasteiger partial charge in [0.15, 0.2) is 0 Å². The summed E-state index contributed by atoms with van der Waals surface area (Å²) < 4.78 is 22.8. The fourth-order valence-electron chi connectivity index (χ4n) is 2.57. The number of benzene rings is 2. The molecule has 1 aliphatic heterocycles. The van der Waals surface area contributed by atoms with Gasteiger partial charge >= 0.3 is 0 Å².